The Hall–Kier alpha value is -1.69. The summed E-state index contributed by atoms with van der Waals surface area (Å²) >= 11 is 0. The minimum atomic E-state index is -0.526. The van der Waals surface area contributed by atoms with Gasteiger partial charge in [-0.05, 0) is 18.9 Å². The third kappa shape index (κ3) is 2.21. The number of benzene rings is 1. The molecule has 2 rings (SSSR count). The van der Waals surface area contributed by atoms with Crippen molar-refractivity contribution < 1.29 is 14.4 Å². The number of aliphatic hydroxyl groups excluding tert-OH is 1. The number of anilines is 1. The lowest BCUT2D eigenvalue weighted by atomic mass is 10.2. The van der Waals surface area contributed by atoms with Crippen molar-refractivity contribution in [3.8, 4) is 0 Å². The van der Waals surface area contributed by atoms with Crippen LogP contribution in [0.15, 0.2) is 18.2 Å². The first kappa shape index (κ1) is 11.8. The maximum atomic E-state index is 13.2. The van der Waals surface area contributed by atoms with Crippen molar-refractivity contribution in [2.45, 2.75) is 18.9 Å². The summed E-state index contributed by atoms with van der Waals surface area (Å²) in [5.41, 5.74) is 0.137. The zero-order valence-electron chi connectivity index (χ0n) is 9.17. The molecule has 1 N–H and O–H groups in total. The third-order valence-corrected chi connectivity index (χ3v) is 3.03. The van der Waals surface area contributed by atoms with Crippen LogP contribution < -0.4 is 4.90 Å². The Morgan fingerprint density at radius 2 is 2.35 bits per heavy atom. The number of nitrogens with zero attached hydrogens (tertiary/aromatic N) is 2. The molecule has 0 radical (unpaired) electrons. The first-order chi connectivity index (χ1) is 8.13. The molecule has 0 saturated carbocycles. The molecule has 6 heteroatoms. The highest BCUT2D eigenvalue weighted by Crippen LogP contribution is 2.33. The Morgan fingerprint density at radius 3 is 3.00 bits per heavy atom. The Kier molecular flexibility index (Phi) is 3.23. The van der Waals surface area contributed by atoms with E-state index in [0.29, 0.717) is 6.54 Å². The van der Waals surface area contributed by atoms with Gasteiger partial charge in [0.2, 0.25) is 0 Å². The van der Waals surface area contributed by atoms with Crippen molar-refractivity contribution in [2.75, 3.05) is 18.1 Å². The van der Waals surface area contributed by atoms with E-state index in [4.69, 9.17) is 0 Å². The standard InChI is InChI=1S/C11H13FN2O3/c12-8-3-4-10(14(16)17)11(6-8)13-5-1-2-9(13)7-15/h3-4,6,9,15H,1-2,5,7H2. The van der Waals surface area contributed by atoms with Gasteiger partial charge in [-0.15, -0.1) is 0 Å². The van der Waals surface area contributed by atoms with Crippen molar-refractivity contribution in [3.05, 3.63) is 34.1 Å². The van der Waals surface area contributed by atoms with Gasteiger partial charge in [0.1, 0.15) is 11.5 Å². The SMILES string of the molecule is O=[N+]([O-])c1ccc(F)cc1N1CCCC1CO. The molecule has 1 heterocycles. The fourth-order valence-electron chi connectivity index (χ4n) is 2.22. The van der Waals surface area contributed by atoms with Crippen molar-refractivity contribution in [1.82, 2.24) is 0 Å². The molecule has 1 unspecified atom stereocenters. The molecule has 0 aliphatic carbocycles. The highest BCUT2D eigenvalue weighted by molar-refractivity contribution is 5.64. The summed E-state index contributed by atoms with van der Waals surface area (Å²) in [4.78, 5) is 12.1. The quantitative estimate of drug-likeness (QED) is 0.645. The fraction of sp³-hybridized carbons (Fsp3) is 0.455. The summed E-state index contributed by atoms with van der Waals surface area (Å²) in [7, 11) is 0. The minimum Gasteiger partial charge on any atom is -0.394 e. The average molecular weight is 240 g/mol. The van der Waals surface area contributed by atoms with Crippen LogP contribution in [-0.2, 0) is 0 Å². The molecule has 0 aromatic heterocycles. The topological polar surface area (TPSA) is 66.6 Å². The van der Waals surface area contributed by atoms with Crippen LogP contribution in [-0.4, -0.2) is 29.2 Å². The van der Waals surface area contributed by atoms with Gasteiger partial charge in [0.25, 0.3) is 5.69 Å². The van der Waals surface area contributed by atoms with Gasteiger partial charge in [-0.2, -0.15) is 0 Å². The van der Waals surface area contributed by atoms with E-state index >= 15 is 0 Å². The summed E-state index contributed by atoms with van der Waals surface area (Å²) in [6, 6.07) is 3.24. The van der Waals surface area contributed by atoms with Gasteiger partial charge in [0.15, 0.2) is 0 Å². The van der Waals surface area contributed by atoms with Crippen LogP contribution in [0.25, 0.3) is 0 Å². The normalized spacial score (nSPS) is 19.6. The van der Waals surface area contributed by atoms with E-state index < -0.39 is 10.7 Å². The molecular formula is C11H13FN2O3. The van der Waals surface area contributed by atoms with Crippen LogP contribution >= 0.6 is 0 Å². The maximum absolute atomic E-state index is 13.2. The third-order valence-electron chi connectivity index (χ3n) is 3.03. The van der Waals surface area contributed by atoms with E-state index in [1.165, 1.54) is 0 Å². The van der Waals surface area contributed by atoms with Crippen LogP contribution in [0.5, 0.6) is 0 Å². The van der Waals surface area contributed by atoms with Crippen LogP contribution in [0.1, 0.15) is 12.8 Å². The van der Waals surface area contributed by atoms with Crippen LogP contribution in [0, 0.1) is 15.9 Å². The van der Waals surface area contributed by atoms with Crippen LogP contribution in [0.3, 0.4) is 0 Å². The predicted octanol–water partition coefficient (Wildman–Crippen LogP) is 1.69. The molecule has 1 aliphatic heterocycles. The highest BCUT2D eigenvalue weighted by atomic mass is 19.1. The van der Waals surface area contributed by atoms with Gasteiger partial charge in [-0.25, -0.2) is 4.39 Å². The molecule has 1 atom stereocenters. The van der Waals surface area contributed by atoms with Gasteiger partial charge < -0.3 is 10.0 Å². The van der Waals surface area contributed by atoms with Gasteiger partial charge >= 0.3 is 0 Å². The molecule has 92 valence electrons. The molecule has 1 aliphatic rings. The van der Waals surface area contributed by atoms with E-state index in [2.05, 4.69) is 0 Å². The lowest BCUT2D eigenvalue weighted by molar-refractivity contribution is -0.384. The number of rotatable bonds is 3. The van der Waals surface area contributed by atoms with Crippen molar-refractivity contribution in [3.63, 3.8) is 0 Å². The second kappa shape index (κ2) is 4.67. The Bertz CT molecular complexity index is 439. The van der Waals surface area contributed by atoms with Gasteiger partial charge in [0, 0.05) is 18.7 Å². The van der Waals surface area contributed by atoms with Crippen molar-refractivity contribution in [1.29, 1.82) is 0 Å². The first-order valence-corrected chi connectivity index (χ1v) is 5.45. The summed E-state index contributed by atoms with van der Waals surface area (Å²) in [6.07, 6.45) is 1.61. The number of nitro benzene ring substituents is 1. The molecule has 1 saturated heterocycles. The summed E-state index contributed by atoms with van der Waals surface area (Å²) < 4.78 is 13.2. The Balaban J connectivity index is 2.42. The smallest absolute Gasteiger partial charge is 0.292 e. The predicted molar refractivity (Wildman–Crippen MR) is 60.5 cm³/mol. The maximum Gasteiger partial charge on any atom is 0.292 e. The molecule has 1 fully saturated rings. The molecule has 5 nitrogen and oxygen atoms in total. The number of aliphatic hydroxyl groups is 1. The number of hydrogen-bond acceptors (Lipinski definition) is 4. The summed E-state index contributed by atoms with van der Waals surface area (Å²) in [6.45, 7) is 0.531. The van der Waals surface area contributed by atoms with E-state index in [0.717, 1.165) is 31.0 Å². The molecule has 1 aromatic rings. The monoisotopic (exact) mass is 240 g/mol. The molecule has 17 heavy (non-hydrogen) atoms. The molecular weight excluding hydrogens is 227 g/mol. The number of nitro groups is 1. The highest BCUT2D eigenvalue weighted by Gasteiger charge is 2.29. The van der Waals surface area contributed by atoms with E-state index in [-0.39, 0.29) is 24.0 Å². The molecule has 0 spiro atoms. The molecule has 0 amide bonds. The summed E-state index contributed by atoms with van der Waals surface area (Å²) in [5.74, 6) is -0.505. The van der Waals surface area contributed by atoms with Crippen LogP contribution in [0.4, 0.5) is 15.8 Å². The second-order valence-electron chi connectivity index (χ2n) is 4.06. The van der Waals surface area contributed by atoms with Gasteiger partial charge in [-0.3, -0.25) is 10.1 Å². The zero-order valence-corrected chi connectivity index (χ0v) is 9.17. The van der Waals surface area contributed by atoms with Crippen molar-refractivity contribution >= 4 is 11.4 Å². The van der Waals surface area contributed by atoms with Crippen molar-refractivity contribution in [2.24, 2.45) is 0 Å². The van der Waals surface area contributed by atoms with Gasteiger partial charge in [-0.1, -0.05) is 0 Å². The molecule has 0 bridgehead atoms. The van der Waals surface area contributed by atoms with Gasteiger partial charge in [0.05, 0.1) is 17.6 Å². The van der Waals surface area contributed by atoms with Crippen LogP contribution in [0.2, 0.25) is 0 Å². The van der Waals surface area contributed by atoms with E-state index in [1.807, 2.05) is 0 Å². The zero-order chi connectivity index (χ0) is 12.4. The number of hydrogen-bond donors (Lipinski definition) is 1. The largest absolute Gasteiger partial charge is 0.394 e. The fourth-order valence-corrected chi connectivity index (χ4v) is 2.22. The summed E-state index contributed by atoms with van der Waals surface area (Å²) in [5, 5.41) is 20.1. The van der Waals surface area contributed by atoms with E-state index in [1.54, 1.807) is 4.90 Å². The average Bonchev–Trinajstić information content (AvgIpc) is 2.76. The van der Waals surface area contributed by atoms with E-state index in [9.17, 15) is 19.6 Å². The Morgan fingerprint density at radius 1 is 1.59 bits per heavy atom. The number of halogens is 1. The lowest BCUT2D eigenvalue weighted by Gasteiger charge is -2.24. The minimum absolute atomic E-state index is 0.0757. The second-order valence-corrected chi connectivity index (χ2v) is 4.06. The Labute approximate surface area is 97.6 Å². The first-order valence-electron chi connectivity index (χ1n) is 5.45. The lowest BCUT2D eigenvalue weighted by Crippen LogP contribution is -2.32. The molecule has 1 aromatic carbocycles.